The molecule has 2 rings (SSSR count). The molecule has 0 atom stereocenters. The molecule has 2 aromatic rings. The number of hydrogen-bond donors (Lipinski definition) is 0. The van der Waals surface area contributed by atoms with Crippen LogP contribution in [-0.4, -0.2) is 22.3 Å². The Hall–Kier alpha value is -0.610. The van der Waals surface area contributed by atoms with Gasteiger partial charge in [0.15, 0.2) is 0 Å². The monoisotopic (exact) mass is 298 g/mol. The quantitative estimate of drug-likeness (QED) is 0.796. The van der Waals surface area contributed by atoms with Crippen molar-refractivity contribution in [1.82, 2.24) is 4.37 Å². The van der Waals surface area contributed by atoms with Gasteiger partial charge in [0.25, 0.3) is 0 Å². The van der Waals surface area contributed by atoms with E-state index in [0.717, 1.165) is 17.4 Å². The Labute approximate surface area is 109 Å². The van der Waals surface area contributed by atoms with Crippen molar-refractivity contribution in [2.24, 2.45) is 0 Å². The molecule has 0 saturated carbocycles. The number of aromatic nitrogens is 1. The van der Waals surface area contributed by atoms with Crippen molar-refractivity contribution in [3.05, 3.63) is 24.3 Å². The molecule has 1 heterocycles. The highest BCUT2D eigenvalue weighted by Gasteiger charge is 2.15. The third-order valence-electron chi connectivity index (χ3n) is 2.57. The lowest BCUT2D eigenvalue weighted by atomic mass is 10.2. The lowest BCUT2D eigenvalue weighted by Gasteiger charge is -2.26. The van der Waals surface area contributed by atoms with Crippen LogP contribution in [0.1, 0.15) is 13.8 Å². The van der Waals surface area contributed by atoms with Crippen molar-refractivity contribution in [3.63, 3.8) is 0 Å². The molecule has 0 aliphatic rings. The van der Waals surface area contributed by atoms with Crippen LogP contribution in [0, 0.1) is 0 Å². The van der Waals surface area contributed by atoms with Crippen LogP contribution in [0.2, 0.25) is 0 Å². The molecule has 86 valence electrons. The van der Waals surface area contributed by atoms with Crippen molar-refractivity contribution in [2.75, 3.05) is 16.8 Å². The summed E-state index contributed by atoms with van der Waals surface area (Å²) in [6, 6.07) is 8.84. The van der Waals surface area contributed by atoms with Gasteiger partial charge in [0, 0.05) is 23.3 Å². The minimum Gasteiger partial charge on any atom is -0.358 e. The van der Waals surface area contributed by atoms with E-state index >= 15 is 0 Å². The van der Waals surface area contributed by atoms with Crippen LogP contribution in [0.4, 0.5) is 5.00 Å². The number of alkyl halides is 1. The van der Waals surface area contributed by atoms with E-state index < -0.39 is 0 Å². The van der Waals surface area contributed by atoms with Crippen LogP contribution in [0.15, 0.2) is 24.3 Å². The fourth-order valence-electron chi connectivity index (χ4n) is 1.77. The first-order chi connectivity index (χ1) is 7.74. The van der Waals surface area contributed by atoms with Gasteiger partial charge in [-0.2, -0.15) is 4.37 Å². The van der Waals surface area contributed by atoms with E-state index in [0.29, 0.717) is 6.04 Å². The Bertz CT molecular complexity index is 467. The Morgan fingerprint density at radius 3 is 2.81 bits per heavy atom. The molecule has 0 aliphatic heterocycles. The molecule has 16 heavy (non-hydrogen) atoms. The van der Waals surface area contributed by atoms with Gasteiger partial charge in [-0.05, 0) is 37.5 Å². The van der Waals surface area contributed by atoms with Crippen LogP contribution in [0.5, 0.6) is 0 Å². The maximum absolute atomic E-state index is 4.49. The molecule has 0 N–H and O–H groups in total. The number of nitrogens with zero attached hydrogens (tertiary/aromatic N) is 2. The van der Waals surface area contributed by atoms with Crippen molar-refractivity contribution in [1.29, 1.82) is 0 Å². The third-order valence-corrected chi connectivity index (χ3v) is 3.84. The Balaban J connectivity index is 2.44. The summed E-state index contributed by atoms with van der Waals surface area (Å²) in [7, 11) is 0. The molecule has 0 fully saturated rings. The summed E-state index contributed by atoms with van der Waals surface area (Å²) in [5.41, 5.74) is 1.10. The fraction of sp³-hybridized carbons (Fsp3) is 0.417. The van der Waals surface area contributed by atoms with Gasteiger partial charge in [-0.1, -0.05) is 28.1 Å². The molecular formula is C12H15BrN2S. The van der Waals surface area contributed by atoms with Crippen LogP contribution in [0.25, 0.3) is 10.9 Å². The standard InChI is InChI=1S/C12H15BrN2S/c1-9(2)15(8-7-13)12-10-5-3-4-6-11(10)14-16-12/h3-6,9H,7-8H2,1-2H3. The van der Waals surface area contributed by atoms with E-state index in [1.165, 1.54) is 10.4 Å². The van der Waals surface area contributed by atoms with Crippen LogP contribution in [0.3, 0.4) is 0 Å². The second-order valence-corrected chi connectivity index (χ2v) is 5.53. The minimum atomic E-state index is 0.501. The number of rotatable bonds is 4. The molecule has 4 heteroatoms. The summed E-state index contributed by atoms with van der Waals surface area (Å²) in [5.74, 6) is 0. The zero-order valence-electron chi connectivity index (χ0n) is 9.48. The van der Waals surface area contributed by atoms with Crippen molar-refractivity contribution < 1.29 is 0 Å². The lowest BCUT2D eigenvalue weighted by Crippen LogP contribution is -2.31. The highest BCUT2D eigenvalue weighted by Crippen LogP contribution is 2.32. The van der Waals surface area contributed by atoms with Gasteiger partial charge in [0.2, 0.25) is 0 Å². The summed E-state index contributed by atoms with van der Waals surface area (Å²) in [6.45, 7) is 5.46. The smallest absolute Gasteiger partial charge is 0.120 e. The van der Waals surface area contributed by atoms with Crippen LogP contribution < -0.4 is 4.90 Å². The minimum absolute atomic E-state index is 0.501. The summed E-state index contributed by atoms with van der Waals surface area (Å²) in [4.78, 5) is 2.40. The molecule has 0 saturated heterocycles. The summed E-state index contributed by atoms with van der Waals surface area (Å²) >= 11 is 5.10. The molecule has 1 aromatic heterocycles. The second-order valence-electron chi connectivity index (χ2n) is 3.98. The zero-order chi connectivity index (χ0) is 11.5. The van der Waals surface area contributed by atoms with Crippen LogP contribution >= 0.6 is 27.5 Å². The number of benzene rings is 1. The molecule has 2 nitrogen and oxygen atoms in total. The highest BCUT2D eigenvalue weighted by molar-refractivity contribution is 9.09. The van der Waals surface area contributed by atoms with E-state index in [2.05, 4.69) is 57.2 Å². The first-order valence-corrected chi connectivity index (χ1v) is 7.30. The van der Waals surface area contributed by atoms with E-state index in [4.69, 9.17) is 0 Å². The molecule has 0 unspecified atom stereocenters. The number of hydrogen-bond acceptors (Lipinski definition) is 3. The maximum Gasteiger partial charge on any atom is 0.120 e. The first kappa shape index (κ1) is 11.9. The van der Waals surface area contributed by atoms with E-state index in [1.807, 2.05) is 6.07 Å². The van der Waals surface area contributed by atoms with Gasteiger partial charge in [-0.15, -0.1) is 0 Å². The van der Waals surface area contributed by atoms with Crippen molar-refractivity contribution in [3.8, 4) is 0 Å². The van der Waals surface area contributed by atoms with E-state index in [-0.39, 0.29) is 0 Å². The van der Waals surface area contributed by atoms with Crippen LogP contribution in [-0.2, 0) is 0 Å². The van der Waals surface area contributed by atoms with Gasteiger partial charge >= 0.3 is 0 Å². The predicted octanol–water partition coefficient (Wildman–Crippen LogP) is 3.91. The summed E-state index contributed by atoms with van der Waals surface area (Å²) in [5, 5.41) is 3.53. The molecule has 1 aromatic carbocycles. The average molecular weight is 299 g/mol. The molecule has 0 bridgehead atoms. The Morgan fingerprint density at radius 1 is 1.38 bits per heavy atom. The molecular weight excluding hydrogens is 284 g/mol. The maximum atomic E-state index is 4.49. The second kappa shape index (κ2) is 5.15. The van der Waals surface area contributed by atoms with Gasteiger partial charge in [0.1, 0.15) is 5.00 Å². The number of anilines is 1. The number of halogens is 1. The summed E-state index contributed by atoms with van der Waals surface area (Å²) in [6.07, 6.45) is 0. The average Bonchev–Trinajstić information content (AvgIpc) is 2.69. The Kier molecular flexibility index (Phi) is 3.82. The molecule has 0 amide bonds. The topological polar surface area (TPSA) is 16.1 Å². The first-order valence-electron chi connectivity index (χ1n) is 5.41. The lowest BCUT2D eigenvalue weighted by molar-refractivity contribution is 0.716. The fourth-order valence-corrected chi connectivity index (χ4v) is 3.17. The van der Waals surface area contributed by atoms with Crippen molar-refractivity contribution >= 4 is 43.4 Å². The summed E-state index contributed by atoms with van der Waals surface area (Å²) < 4.78 is 4.49. The van der Waals surface area contributed by atoms with Gasteiger partial charge < -0.3 is 4.90 Å². The third kappa shape index (κ3) is 2.23. The van der Waals surface area contributed by atoms with E-state index in [1.54, 1.807) is 11.5 Å². The van der Waals surface area contributed by atoms with Gasteiger partial charge in [-0.25, -0.2) is 0 Å². The number of fused-ring (bicyclic) bond motifs is 1. The zero-order valence-corrected chi connectivity index (χ0v) is 11.9. The Morgan fingerprint density at radius 2 is 2.12 bits per heavy atom. The largest absolute Gasteiger partial charge is 0.358 e. The highest BCUT2D eigenvalue weighted by atomic mass is 79.9. The van der Waals surface area contributed by atoms with Crippen molar-refractivity contribution in [2.45, 2.75) is 19.9 Å². The van der Waals surface area contributed by atoms with Gasteiger partial charge in [0.05, 0.1) is 5.52 Å². The van der Waals surface area contributed by atoms with E-state index in [9.17, 15) is 0 Å². The predicted molar refractivity (Wildman–Crippen MR) is 75.9 cm³/mol. The molecule has 0 aliphatic carbocycles. The molecule has 0 spiro atoms. The van der Waals surface area contributed by atoms with Gasteiger partial charge in [-0.3, -0.25) is 0 Å². The molecule has 0 radical (unpaired) electrons. The normalized spacial score (nSPS) is 11.2. The SMILES string of the molecule is CC(C)N(CCBr)c1snc2ccccc12.